The van der Waals surface area contributed by atoms with Crippen molar-refractivity contribution in [2.24, 2.45) is 5.41 Å². The number of halogens is 2. The highest BCUT2D eigenvalue weighted by Gasteiger charge is 2.31. The molecule has 82 valence electrons. The van der Waals surface area contributed by atoms with Gasteiger partial charge in [0.15, 0.2) is 10.3 Å². The lowest BCUT2D eigenvalue weighted by molar-refractivity contribution is 0.180. The van der Waals surface area contributed by atoms with Gasteiger partial charge in [0.2, 0.25) is 0 Å². The van der Waals surface area contributed by atoms with Crippen LogP contribution >= 0.6 is 23.2 Å². The van der Waals surface area contributed by atoms with Crippen LogP contribution in [0.1, 0.15) is 26.2 Å². The third-order valence-corrected chi connectivity index (χ3v) is 3.45. The molecule has 0 saturated heterocycles. The van der Waals surface area contributed by atoms with Gasteiger partial charge in [-0.2, -0.15) is 0 Å². The van der Waals surface area contributed by atoms with Gasteiger partial charge in [0.25, 0.3) is 0 Å². The summed E-state index contributed by atoms with van der Waals surface area (Å²) in [6.45, 7) is 3.18. The maximum atomic E-state index is 5.89. The zero-order chi connectivity index (χ0) is 10.9. The first-order valence-electron chi connectivity index (χ1n) is 5.02. The molecule has 15 heavy (non-hydrogen) atoms. The van der Waals surface area contributed by atoms with E-state index in [1.165, 1.54) is 19.3 Å². The monoisotopic (exact) mass is 245 g/mol. The molecule has 0 atom stereocenters. The molecule has 3 nitrogen and oxygen atoms in total. The molecule has 1 aliphatic carbocycles. The number of hydrogen-bond donors (Lipinski definition) is 1. The van der Waals surface area contributed by atoms with Crippen molar-refractivity contribution >= 4 is 28.9 Å². The minimum absolute atomic E-state index is 0.362. The summed E-state index contributed by atoms with van der Waals surface area (Å²) in [5.41, 5.74) is 1.17. The maximum absolute atomic E-state index is 5.89. The van der Waals surface area contributed by atoms with Crippen molar-refractivity contribution < 1.29 is 0 Å². The lowest BCUT2D eigenvalue weighted by Gasteiger charge is -2.38. The number of nitrogens with one attached hydrogen (secondary N) is 1. The zero-order valence-corrected chi connectivity index (χ0v) is 10.1. The molecular weight excluding hydrogens is 233 g/mol. The Balaban J connectivity index is 2.01. The fourth-order valence-electron chi connectivity index (χ4n) is 1.74. The molecule has 2 rings (SSSR count). The van der Waals surface area contributed by atoms with E-state index >= 15 is 0 Å². The fourth-order valence-corrected chi connectivity index (χ4v) is 2.05. The molecule has 0 unspecified atom stereocenters. The van der Waals surface area contributed by atoms with Crippen molar-refractivity contribution in [1.82, 2.24) is 10.2 Å². The first-order chi connectivity index (χ1) is 7.09. The zero-order valence-electron chi connectivity index (χ0n) is 8.56. The topological polar surface area (TPSA) is 37.8 Å². The van der Waals surface area contributed by atoms with Gasteiger partial charge in [-0.3, -0.25) is 0 Å². The number of nitrogens with zero attached hydrogens (tertiary/aromatic N) is 2. The van der Waals surface area contributed by atoms with E-state index in [1.807, 2.05) is 0 Å². The van der Waals surface area contributed by atoms with Crippen LogP contribution in [0.2, 0.25) is 10.3 Å². The number of anilines is 1. The standard InChI is InChI=1S/C10H13Cl2N3/c1-10(3-2-4-10)6-13-7-5-8(11)14-15-9(7)12/h5H,2-4,6H2,1H3,(H,13,14). The second-order valence-corrected chi connectivity index (χ2v) is 5.13. The first-order valence-corrected chi connectivity index (χ1v) is 5.77. The van der Waals surface area contributed by atoms with E-state index in [2.05, 4.69) is 22.4 Å². The van der Waals surface area contributed by atoms with Gasteiger partial charge in [-0.25, -0.2) is 0 Å². The predicted molar refractivity (Wildman–Crippen MR) is 62.5 cm³/mol. The number of aromatic nitrogens is 2. The van der Waals surface area contributed by atoms with Gasteiger partial charge in [-0.1, -0.05) is 36.5 Å². The quantitative estimate of drug-likeness (QED) is 0.888. The molecule has 1 aromatic rings. The Labute approximate surface area is 99.2 Å². The molecule has 0 aliphatic heterocycles. The molecule has 1 aromatic heterocycles. The number of rotatable bonds is 3. The summed E-state index contributed by atoms with van der Waals surface area (Å²) >= 11 is 11.6. The molecule has 1 saturated carbocycles. The normalized spacial score (nSPS) is 18.3. The smallest absolute Gasteiger partial charge is 0.174 e. The summed E-state index contributed by atoms with van der Waals surface area (Å²) < 4.78 is 0. The van der Waals surface area contributed by atoms with Crippen molar-refractivity contribution in [3.8, 4) is 0 Å². The molecule has 0 amide bonds. The van der Waals surface area contributed by atoms with Crippen molar-refractivity contribution in [2.75, 3.05) is 11.9 Å². The van der Waals surface area contributed by atoms with Gasteiger partial charge in [0.1, 0.15) is 0 Å². The SMILES string of the molecule is CC1(CNc2cc(Cl)nnc2Cl)CCC1. The van der Waals surface area contributed by atoms with Gasteiger partial charge in [0.05, 0.1) is 5.69 Å². The largest absolute Gasteiger partial charge is 0.382 e. The second kappa shape index (κ2) is 4.14. The van der Waals surface area contributed by atoms with Crippen LogP contribution < -0.4 is 5.32 Å². The fraction of sp³-hybridized carbons (Fsp3) is 0.600. The molecule has 1 fully saturated rings. The maximum Gasteiger partial charge on any atom is 0.174 e. The Morgan fingerprint density at radius 2 is 2.13 bits per heavy atom. The van der Waals surface area contributed by atoms with Crippen LogP contribution in [-0.2, 0) is 0 Å². The molecule has 0 radical (unpaired) electrons. The second-order valence-electron chi connectivity index (χ2n) is 4.39. The van der Waals surface area contributed by atoms with Crippen molar-refractivity contribution in [3.63, 3.8) is 0 Å². The minimum Gasteiger partial charge on any atom is -0.382 e. The Morgan fingerprint density at radius 1 is 1.40 bits per heavy atom. The van der Waals surface area contributed by atoms with E-state index in [-0.39, 0.29) is 0 Å². The van der Waals surface area contributed by atoms with Crippen LogP contribution in [0.3, 0.4) is 0 Å². The Morgan fingerprint density at radius 3 is 2.73 bits per heavy atom. The van der Waals surface area contributed by atoms with Crippen LogP contribution in [-0.4, -0.2) is 16.7 Å². The van der Waals surface area contributed by atoms with E-state index in [9.17, 15) is 0 Å². The highest BCUT2D eigenvalue weighted by atomic mass is 35.5. The lowest BCUT2D eigenvalue weighted by Crippen LogP contribution is -2.33. The van der Waals surface area contributed by atoms with Crippen molar-refractivity contribution in [2.45, 2.75) is 26.2 Å². The Kier molecular flexibility index (Phi) is 3.03. The molecule has 0 spiro atoms. The van der Waals surface area contributed by atoms with Crippen LogP contribution in [0.5, 0.6) is 0 Å². The van der Waals surface area contributed by atoms with Crippen molar-refractivity contribution in [1.29, 1.82) is 0 Å². The number of hydrogen-bond acceptors (Lipinski definition) is 3. The Hall–Kier alpha value is -0.540. The highest BCUT2D eigenvalue weighted by molar-refractivity contribution is 6.33. The average Bonchev–Trinajstić information content (AvgIpc) is 2.17. The van der Waals surface area contributed by atoms with E-state index in [0.717, 1.165) is 12.2 Å². The van der Waals surface area contributed by atoms with Crippen LogP contribution in [0.15, 0.2) is 6.07 Å². The lowest BCUT2D eigenvalue weighted by atomic mass is 9.70. The van der Waals surface area contributed by atoms with Gasteiger partial charge in [-0.15, -0.1) is 10.2 Å². The van der Waals surface area contributed by atoms with Crippen LogP contribution in [0.25, 0.3) is 0 Å². The summed E-state index contributed by atoms with van der Waals surface area (Å²) in [7, 11) is 0. The first kappa shape index (κ1) is 11.0. The average molecular weight is 246 g/mol. The van der Waals surface area contributed by atoms with E-state index in [1.54, 1.807) is 6.07 Å². The molecule has 0 bridgehead atoms. The van der Waals surface area contributed by atoms with Crippen LogP contribution in [0.4, 0.5) is 5.69 Å². The molecule has 1 aliphatic rings. The van der Waals surface area contributed by atoms with Gasteiger partial charge in [0, 0.05) is 12.6 Å². The minimum atomic E-state index is 0.362. The van der Waals surface area contributed by atoms with E-state index in [0.29, 0.717) is 15.7 Å². The summed E-state index contributed by atoms with van der Waals surface area (Å²) in [4.78, 5) is 0. The summed E-state index contributed by atoms with van der Waals surface area (Å²) in [6.07, 6.45) is 3.86. The summed E-state index contributed by atoms with van der Waals surface area (Å²) in [5.74, 6) is 0. The molecular formula is C10H13Cl2N3. The predicted octanol–water partition coefficient (Wildman–Crippen LogP) is 3.39. The van der Waals surface area contributed by atoms with E-state index < -0.39 is 0 Å². The molecule has 1 heterocycles. The molecule has 1 N–H and O–H groups in total. The van der Waals surface area contributed by atoms with Crippen LogP contribution in [0, 0.1) is 5.41 Å². The third-order valence-electron chi connectivity index (χ3n) is 2.99. The summed E-state index contributed by atoms with van der Waals surface area (Å²) in [5, 5.41) is 11.4. The third kappa shape index (κ3) is 2.52. The van der Waals surface area contributed by atoms with Crippen molar-refractivity contribution in [3.05, 3.63) is 16.4 Å². The van der Waals surface area contributed by atoms with Gasteiger partial charge >= 0.3 is 0 Å². The molecule has 0 aromatic carbocycles. The van der Waals surface area contributed by atoms with Gasteiger partial charge < -0.3 is 5.32 Å². The molecule has 5 heteroatoms. The van der Waals surface area contributed by atoms with E-state index in [4.69, 9.17) is 23.2 Å². The summed E-state index contributed by atoms with van der Waals surface area (Å²) in [6, 6.07) is 1.71. The van der Waals surface area contributed by atoms with Gasteiger partial charge in [-0.05, 0) is 18.3 Å². The highest BCUT2D eigenvalue weighted by Crippen LogP contribution is 2.40. The Bertz CT molecular complexity index is 364.